The van der Waals surface area contributed by atoms with Gasteiger partial charge < -0.3 is 10.4 Å². The van der Waals surface area contributed by atoms with E-state index in [0.29, 0.717) is 31.5 Å². The highest BCUT2D eigenvalue weighted by molar-refractivity contribution is 7.88. The number of piperidine rings is 1. The Labute approximate surface area is 118 Å². The zero-order chi connectivity index (χ0) is 14.8. The van der Waals surface area contributed by atoms with Crippen molar-refractivity contribution in [3.63, 3.8) is 0 Å². The van der Waals surface area contributed by atoms with E-state index in [9.17, 15) is 18.3 Å². The van der Waals surface area contributed by atoms with Crippen molar-refractivity contribution < 1.29 is 18.3 Å². The van der Waals surface area contributed by atoms with Gasteiger partial charge in [0.15, 0.2) is 0 Å². The van der Waals surface area contributed by atoms with Gasteiger partial charge in [0, 0.05) is 24.7 Å². The molecule has 110 valence electrons. The van der Waals surface area contributed by atoms with Crippen LogP contribution in [0.1, 0.15) is 23.2 Å². The van der Waals surface area contributed by atoms with Crippen LogP contribution in [0.2, 0.25) is 0 Å². The van der Waals surface area contributed by atoms with E-state index < -0.39 is 10.0 Å². The van der Waals surface area contributed by atoms with Crippen LogP contribution in [-0.4, -0.2) is 49.1 Å². The number of carbonyl (C=O) groups excluding carboxylic acids is 1. The van der Waals surface area contributed by atoms with Crippen LogP contribution in [0.15, 0.2) is 24.3 Å². The monoisotopic (exact) mass is 298 g/mol. The molecule has 7 heteroatoms. The normalized spacial score (nSPS) is 17.9. The first-order chi connectivity index (χ1) is 9.36. The number of carbonyl (C=O) groups is 1. The maximum absolute atomic E-state index is 12.0. The Morgan fingerprint density at radius 2 is 2.00 bits per heavy atom. The van der Waals surface area contributed by atoms with Gasteiger partial charge in [0.2, 0.25) is 10.0 Å². The molecule has 0 spiro atoms. The van der Waals surface area contributed by atoms with Crippen LogP contribution in [-0.2, 0) is 10.0 Å². The van der Waals surface area contributed by atoms with Crippen molar-refractivity contribution in [2.24, 2.45) is 0 Å². The highest BCUT2D eigenvalue weighted by atomic mass is 32.2. The fourth-order valence-electron chi connectivity index (χ4n) is 2.25. The average molecular weight is 298 g/mol. The molecule has 1 aliphatic heterocycles. The summed E-state index contributed by atoms with van der Waals surface area (Å²) in [6.07, 6.45) is 2.38. The molecule has 1 fully saturated rings. The SMILES string of the molecule is CS(=O)(=O)N1CCC(NC(=O)c2cccc(O)c2)CC1. The summed E-state index contributed by atoms with van der Waals surface area (Å²) in [7, 11) is -3.15. The third kappa shape index (κ3) is 3.71. The minimum absolute atomic E-state index is 0.0390. The van der Waals surface area contributed by atoms with Gasteiger partial charge >= 0.3 is 0 Å². The van der Waals surface area contributed by atoms with Crippen LogP contribution in [0.4, 0.5) is 0 Å². The van der Waals surface area contributed by atoms with Crippen LogP contribution in [0, 0.1) is 0 Å². The number of hydrogen-bond donors (Lipinski definition) is 2. The number of hydrogen-bond acceptors (Lipinski definition) is 4. The molecule has 0 bridgehead atoms. The summed E-state index contributed by atoms with van der Waals surface area (Å²) in [5.74, 6) is -0.205. The summed E-state index contributed by atoms with van der Waals surface area (Å²) >= 11 is 0. The maximum Gasteiger partial charge on any atom is 0.251 e. The molecule has 1 aromatic carbocycles. The van der Waals surface area contributed by atoms with E-state index in [1.807, 2.05) is 0 Å². The Hall–Kier alpha value is -1.60. The molecule has 1 aromatic rings. The highest BCUT2D eigenvalue weighted by Crippen LogP contribution is 2.15. The highest BCUT2D eigenvalue weighted by Gasteiger charge is 2.25. The van der Waals surface area contributed by atoms with E-state index in [1.54, 1.807) is 12.1 Å². The molecule has 20 heavy (non-hydrogen) atoms. The quantitative estimate of drug-likeness (QED) is 0.853. The summed E-state index contributed by atoms with van der Waals surface area (Å²) in [6.45, 7) is 0.841. The van der Waals surface area contributed by atoms with E-state index in [2.05, 4.69) is 5.32 Å². The number of rotatable bonds is 3. The summed E-state index contributed by atoms with van der Waals surface area (Å²) in [6, 6.07) is 6.10. The fraction of sp³-hybridized carbons (Fsp3) is 0.462. The maximum atomic E-state index is 12.0. The molecule has 6 nitrogen and oxygen atoms in total. The van der Waals surface area contributed by atoms with Crippen LogP contribution in [0.3, 0.4) is 0 Å². The predicted molar refractivity (Wildman–Crippen MR) is 75.0 cm³/mol. The number of phenols is 1. The Kier molecular flexibility index (Phi) is 4.29. The molecule has 1 heterocycles. The number of benzene rings is 1. The number of phenolic OH excluding ortho intramolecular Hbond substituents is 1. The van der Waals surface area contributed by atoms with E-state index in [-0.39, 0.29) is 17.7 Å². The lowest BCUT2D eigenvalue weighted by Gasteiger charge is -2.30. The molecule has 2 N–H and O–H groups in total. The summed E-state index contributed by atoms with van der Waals surface area (Å²) in [4.78, 5) is 12.0. The number of aromatic hydroxyl groups is 1. The second-order valence-corrected chi connectivity index (χ2v) is 6.94. The molecule has 0 atom stereocenters. The second-order valence-electron chi connectivity index (χ2n) is 4.96. The van der Waals surface area contributed by atoms with Gasteiger partial charge in [-0.2, -0.15) is 0 Å². The lowest BCUT2D eigenvalue weighted by Crippen LogP contribution is -2.46. The minimum atomic E-state index is -3.15. The van der Waals surface area contributed by atoms with Gasteiger partial charge in [-0.1, -0.05) is 6.07 Å². The molecule has 0 aromatic heterocycles. The standard InChI is InChI=1S/C13H18N2O4S/c1-20(18,19)15-7-5-11(6-8-15)14-13(17)10-3-2-4-12(16)9-10/h2-4,9,11,16H,5-8H2,1H3,(H,14,17). The van der Waals surface area contributed by atoms with Gasteiger partial charge in [-0.3, -0.25) is 4.79 Å². The van der Waals surface area contributed by atoms with Gasteiger partial charge in [-0.25, -0.2) is 12.7 Å². The lowest BCUT2D eigenvalue weighted by molar-refractivity contribution is 0.0923. The molecule has 0 radical (unpaired) electrons. The molecule has 0 unspecified atom stereocenters. The van der Waals surface area contributed by atoms with Gasteiger partial charge in [-0.05, 0) is 31.0 Å². The van der Waals surface area contributed by atoms with E-state index in [4.69, 9.17) is 0 Å². The Bertz CT molecular complexity index is 592. The van der Waals surface area contributed by atoms with Gasteiger partial charge in [0.25, 0.3) is 5.91 Å². The predicted octanol–water partition coefficient (Wildman–Crippen LogP) is 0.546. The summed E-state index contributed by atoms with van der Waals surface area (Å²) in [5, 5.41) is 12.2. The number of sulfonamides is 1. The van der Waals surface area contributed by atoms with Crippen molar-refractivity contribution in [3.8, 4) is 5.75 Å². The Morgan fingerprint density at radius 3 is 2.55 bits per heavy atom. The largest absolute Gasteiger partial charge is 0.508 e. The zero-order valence-corrected chi connectivity index (χ0v) is 12.1. The molecule has 0 aliphatic carbocycles. The van der Waals surface area contributed by atoms with E-state index in [0.717, 1.165) is 0 Å². The van der Waals surface area contributed by atoms with Crippen LogP contribution in [0.25, 0.3) is 0 Å². The second kappa shape index (κ2) is 5.80. The van der Waals surface area contributed by atoms with Crippen LogP contribution >= 0.6 is 0 Å². The topological polar surface area (TPSA) is 86.7 Å². The molecular weight excluding hydrogens is 280 g/mol. The molecule has 1 saturated heterocycles. The third-order valence-corrected chi connectivity index (χ3v) is 4.67. The first-order valence-electron chi connectivity index (χ1n) is 6.41. The fourth-order valence-corrected chi connectivity index (χ4v) is 3.12. The van der Waals surface area contributed by atoms with E-state index in [1.165, 1.54) is 22.7 Å². The lowest BCUT2D eigenvalue weighted by atomic mass is 10.1. The van der Waals surface area contributed by atoms with Crippen molar-refractivity contribution >= 4 is 15.9 Å². The average Bonchev–Trinajstić information content (AvgIpc) is 2.38. The summed E-state index contributed by atoms with van der Waals surface area (Å²) < 4.78 is 24.2. The zero-order valence-electron chi connectivity index (χ0n) is 11.2. The molecule has 1 amide bonds. The Balaban J connectivity index is 1.91. The number of nitrogens with one attached hydrogen (secondary N) is 1. The van der Waals surface area contributed by atoms with Crippen molar-refractivity contribution in [2.45, 2.75) is 18.9 Å². The van der Waals surface area contributed by atoms with E-state index >= 15 is 0 Å². The van der Waals surface area contributed by atoms with Gasteiger partial charge in [-0.15, -0.1) is 0 Å². The van der Waals surface area contributed by atoms with Crippen molar-refractivity contribution in [2.75, 3.05) is 19.3 Å². The van der Waals surface area contributed by atoms with Gasteiger partial charge in [0.05, 0.1) is 6.26 Å². The first-order valence-corrected chi connectivity index (χ1v) is 8.26. The summed E-state index contributed by atoms with van der Waals surface area (Å²) in [5.41, 5.74) is 0.399. The number of nitrogens with zero attached hydrogens (tertiary/aromatic N) is 1. The third-order valence-electron chi connectivity index (χ3n) is 3.37. The Morgan fingerprint density at radius 1 is 1.35 bits per heavy atom. The van der Waals surface area contributed by atoms with Crippen molar-refractivity contribution in [1.82, 2.24) is 9.62 Å². The van der Waals surface area contributed by atoms with Gasteiger partial charge in [0.1, 0.15) is 5.75 Å². The van der Waals surface area contributed by atoms with Crippen LogP contribution in [0.5, 0.6) is 5.75 Å². The first kappa shape index (κ1) is 14.8. The molecule has 0 saturated carbocycles. The minimum Gasteiger partial charge on any atom is -0.508 e. The van der Waals surface area contributed by atoms with Crippen LogP contribution < -0.4 is 5.32 Å². The molecule has 2 rings (SSSR count). The smallest absolute Gasteiger partial charge is 0.251 e. The molecule has 1 aliphatic rings. The van der Waals surface area contributed by atoms with Crippen molar-refractivity contribution in [1.29, 1.82) is 0 Å². The molecular formula is C13H18N2O4S. The number of amides is 1. The van der Waals surface area contributed by atoms with Crippen molar-refractivity contribution in [3.05, 3.63) is 29.8 Å².